The van der Waals surface area contributed by atoms with Crippen molar-refractivity contribution in [3.63, 3.8) is 0 Å². The van der Waals surface area contributed by atoms with Gasteiger partial charge in [-0.2, -0.15) is 4.31 Å². The number of amidine groups is 1. The molecule has 1 fully saturated rings. The van der Waals surface area contributed by atoms with Crippen LogP contribution in [-0.4, -0.2) is 60.7 Å². The first-order chi connectivity index (χ1) is 15.0. The second kappa shape index (κ2) is 11.2. The first-order valence-corrected chi connectivity index (χ1v) is 11.9. The van der Waals surface area contributed by atoms with Crippen molar-refractivity contribution in [3.8, 4) is 0 Å². The van der Waals surface area contributed by atoms with Crippen LogP contribution in [0.25, 0.3) is 0 Å². The summed E-state index contributed by atoms with van der Waals surface area (Å²) in [7, 11) is -3.45. The number of carboxylic acids is 1. The molecule has 0 aromatic heterocycles. The molecular formula is C23H32N4O4S. The maximum atomic E-state index is 12.9. The van der Waals surface area contributed by atoms with Crippen LogP contribution in [0.15, 0.2) is 53.4 Å². The number of hydrogen-bond donors (Lipinski definition) is 3. The Kier molecular flexibility index (Phi) is 8.94. The Morgan fingerprint density at radius 2 is 1.53 bits per heavy atom. The average Bonchev–Trinajstić information content (AvgIpc) is 2.74. The van der Waals surface area contributed by atoms with E-state index in [1.807, 2.05) is 36.4 Å². The minimum Gasteiger partial charge on any atom is -0.481 e. The van der Waals surface area contributed by atoms with E-state index in [0.29, 0.717) is 42.6 Å². The van der Waals surface area contributed by atoms with Gasteiger partial charge in [0.1, 0.15) is 5.84 Å². The van der Waals surface area contributed by atoms with E-state index >= 15 is 0 Å². The number of piperazine rings is 1. The summed E-state index contributed by atoms with van der Waals surface area (Å²) >= 11 is 0. The molecule has 0 spiro atoms. The third-order valence-electron chi connectivity index (χ3n) is 5.19. The molecule has 4 N–H and O–H groups in total. The molecule has 0 bridgehead atoms. The van der Waals surface area contributed by atoms with Crippen molar-refractivity contribution < 1.29 is 18.3 Å². The van der Waals surface area contributed by atoms with Crippen LogP contribution in [-0.2, 0) is 21.4 Å². The van der Waals surface area contributed by atoms with Gasteiger partial charge in [0.15, 0.2) is 0 Å². The largest absolute Gasteiger partial charge is 0.481 e. The Balaban J connectivity index is 0.000000837. The maximum absolute atomic E-state index is 12.9. The van der Waals surface area contributed by atoms with E-state index in [1.54, 1.807) is 16.4 Å². The number of nitrogen functional groups attached to an aromatic ring is 1. The second-order valence-corrected chi connectivity index (χ2v) is 9.97. The zero-order valence-electron chi connectivity index (χ0n) is 18.8. The van der Waals surface area contributed by atoms with Crippen LogP contribution < -0.4 is 5.73 Å². The van der Waals surface area contributed by atoms with Crippen molar-refractivity contribution in [2.75, 3.05) is 26.2 Å². The first kappa shape index (κ1) is 25.5. The molecule has 1 saturated heterocycles. The fourth-order valence-electron chi connectivity index (χ4n) is 3.35. The number of carboxylic acid groups (broad SMARTS) is 1. The topological polar surface area (TPSA) is 128 Å². The predicted molar refractivity (Wildman–Crippen MR) is 125 cm³/mol. The van der Waals surface area contributed by atoms with Gasteiger partial charge in [0, 0.05) is 45.2 Å². The van der Waals surface area contributed by atoms with Crippen molar-refractivity contribution in [1.29, 1.82) is 5.41 Å². The van der Waals surface area contributed by atoms with Gasteiger partial charge in [-0.25, -0.2) is 8.42 Å². The highest BCUT2D eigenvalue weighted by molar-refractivity contribution is 7.89. The third kappa shape index (κ3) is 7.15. The van der Waals surface area contributed by atoms with Crippen LogP contribution in [0.1, 0.15) is 43.4 Å². The van der Waals surface area contributed by atoms with E-state index in [0.717, 1.165) is 24.6 Å². The number of benzene rings is 2. The first-order valence-electron chi connectivity index (χ1n) is 10.5. The molecule has 174 valence electrons. The Bertz CT molecular complexity index is 1010. The lowest BCUT2D eigenvalue weighted by Gasteiger charge is -2.34. The molecule has 8 nitrogen and oxygen atoms in total. The number of aliphatic carboxylic acids is 1. The molecule has 32 heavy (non-hydrogen) atoms. The molecule has 0 atom stereocenters. The van der Waals surface area contributed by atoms with Gasteiger partial charge in [0.25, 0.3) is 5.97 Å². The van der Waals surface area contributed by atoms with Crippen LogP contribution in [0.3, 0.4) is 0 Å². The summed E-state index contributed by atoms with van der Waals surface area (Å²) in [6.45, 7) is 8.39. The van der Waals surface area contributed by atoms with Gasteiger partial charge in [0.2, 0.25) is 10.0 Å². The van der Waals surface area contributed by atoms with E-state index in [2.05, 4.69) is 18.7 Å². The molecule has 0 aliphatic carbocycles. The van der Waals surface area contributed by atoms with Crippen molar-refractivity contribution in [2.24, 2.45) is 5.73 Å². The molecule has 1 aliphatic rings. The molecule has 1 aliphatic heterocycles. The standard InChI is InChI=1S/C21H28N4O2S.C2H4O2/c1-16(2)18-7-9-20(10-8-18)28(26,27)25-13-11-24(12-14-25)15-17-3-5-19(6-4-17)21(22)23;1-2(3)4/h3-10,16H,11-15H2,1-2H3,(H3,22,23);1H3,(H,3,4). The van der Waals surface area contributed by atoms with Gasteiger partial charge in [-0.15, -0.1) is 0 Å². The van der Waals surface area contributed by atoms with Gasteiger partial charge < -0.3 is 10.8 Å². The highest BCUT2D eigenvalue weighted by Gasteiger charge is 2.28. The quantitative estimate of drug-likeness (QED) is 0.449. The summed E-state index contributed by atoms with van der Waals surface area (Å²) < 4.78 is 27.4. The number of carbonyl (C=O) groups is 1. The second-order valence-electron chi connectivity index (χ2n) is 8.03. The summed E-state index contributed by atoms with van der Waals surface area (Å²) in [6.07, 6.45) is 0. The predicted octanol–water partition coefficient (Wildman–Crippen LogP) is 2.69. The normalized spacial score (nSPS) is 15.1. The molecule has 0 unspecified atom stereocenters. The van der Waals surface area contributed by atoms with Crippen molar-refractivity contribution >= 4 is 21.8 Å². The summed E-state index contributed by atoms with van der Waals surface area (Å²) in [5.41, 5.74) is 8.47. The lowest BCUT2D eigenvalue weighted by molar-refractivity contribution is -0.134. The zero-order valence-corrected chi connectivity index (χ0v) is 19.6. The van der Waals surface area contributed by atoms with Crippen molar-refractivity contribution in [1.82, 2.24) is 9.21 Å². The number of nitrogens with one attached hydrogen (secondary N) is 1. The third-order valence-corrected chi connectivity index (χ3v) is 7.10. The molecule has 0 amide bonds. The number of hydrogen-bond acceptors (Lipinski definition) is 5. The van der Waals surface area contributed by atoms with Crippen LogP contribution in [0.4, 0.5) is 0 Å². The molecule has 0 radical (unpaired) electrons. The summed E-state index contributed by atoms with van der Waals surface area (Å²) in [6, 6.07) is 14.9. The number of rotatable bonds is 6. The highest BCUT2D eigenvalue weighted by atomic mass is 32.2. The molecule has 2 aromatic carbocycles. The van der Waals surface area contributed by atoms with Crippen molar-refractivity contribution in [3.05, 3.63) is 65.2 Å². The van der Waals surface area contributed by atoms with Gasteiger partial charge in [-0.05, 0) is 29.2 Å². The summed E-state index contributed by atoms with van der Waals surface area (Å²) in [4.78, 5) is 11.6. The van der Waals surface area contributed by atoms with Gasteiger partial charge in [0.05, 0.1) is 4.90 Å². The molecule has 3 rings (SSSR count). The Morgan fingerprint density at radius 3 is 1.97 bits per heavy atom. The molecule has 2 aromatic rings. The SMILES string of the molecule is CC(=O)O.CC(C)c1ccc(S(=O)(=O)N2CCN(Cc3ccc(C(=N)N)cc3)CC2)cc1. The van der Waals surface area contributed by atoms with Crippen LogP contribution in [0.2, 0.25) is 0 Å². The minimum absolute atomic E-state index is 0.0618. The lowest BCUT2D eigenvalue weighted by atomic mass is 10.0. The van der Waals surface area contributed by atoms with Crippen molar-refractivity contribution in [2.45, 2.75) is 38.1 Å². The van der Waals surface area contributed by atoms with E-state index in [4.69, 9.17) is 21.0 Å². The van der Waals surface area contributed by atoms with Crippen LogP contribution >= 0.6 is 0 Å². The Labute approximate surface area is 190 Å². The van der Waals surface area contributed by atoms with Gasteiger partial charge in [-0.1, -0.05) is 50.2 Å². The monoisotopic (exact) mass is 460 g/mol. The minimum atomic E-state index is -3.45. The lowest BCUT2D eigenvalue weighted by Crippen LogP contribution is -2.48. The summed E-state index contributed by atoms with van der Waals surface area (Å²) in [5.74, 6) is -0.392. The number of sulfonamides is 1. The van der Waals surface area contributed by atoms with Crippen LogP contribution in [0, 0.1) is 5.41 Å². The molecule has 9 heteroatoms. The smallest absolute Gasteiger partial charge is 0.300 e. The van der Waals surface area contributed by atoms with Crippen LogP contribution in [0.5, 0.6) is 0 Å². The van der Waals surface area contributed by atoms with Gasteiger partial charge in [-0.3, -0.25) is 15.1 Å². The Morgan fingerprint density at radius 1 is 1.03 bits per heavy atom. The fourth-order valence-corrected chi connectivity index (χ4v) is 4.77. The number of nitrogens with two attached hydrogens (primary N) is 1. The Hall–Kier alpha value is -2.75. The average molecular weight is 461 g/mol. The molecule has 1 heterocycles. The maximum Gasteiger partial charge on any atom is 0.300 e. The summed E-state index contributed by atoms with van der Waals surface area (Å²) in [5, 5.41) is 14.9. The van der Waals surface area contributed by atoms with E-state index < -0.39 is 16.0 Å². The van der Waals surface area contributed by atoms with E-state index in [1.165, 1.54) is 0 Å². The molecule has 0 saturated carbocycles. The zero-order chi connectivity index (χ0) is 23.9. The van der Waals surface area contributed by atoms with E-state index in [9.17, 15) is 8.42 Å². The highest BCUT2D eigenvalue weighted by Crippen LogP contribution is 2.21. The van der Waals surface area contributed by atoms with E-state index in [-0.39, 0.29) is 5.84 Å². The fraction of sp³-hybridized carbons (Fsp3) is 0.391. The van der Waals surface area contributed by atoms with Gasteiger partial charge >= 0.3 is 0 Å². The molecular weight excluding hydrogens is 428 g/mol. The number of nitrogens with zero attached hydrogens (tertiary/aromatic N) is 2.